The Morgan fingerprint density at radius 2 is 1.89 bits per heavy atom. The minimum absolute atomic E-state index is 0.0961. The standard InChI is InChI=1S/C22H26N4O/c27-22(12-10-17-9-11-18-6-3-4-7-19(18)16-17)23-14-13-21-25-24-20-8-2-1-5-15-26(20)21/h3-4,6-7,9,11,16H,1-2,5,8,10,12-15H2,(H,23,27). The molecule has 1 aliphatic rings. The van der Waals surface area contributed by atoms with E-state index in [2.05, 4.69) is 50.4 Å². The van der Waals surface area contributed by atoms with Gasteiger partial charge < -0.3 is 9.88 Å². The molecule has 3 aromatic rings. The van der Waals surface area contributed by atoms with Gasteiger partial charge in [0.15, 0.2) is 0 Å². The molecule has 1 aromatic heterocycles. The Morgan fingerprint density at radius 3 is 2.81 bits per heavy atom. The number of aromatic nitrogens is 3. The van der Waals surface area contributed by atoms with E-state index in [1.54, 1.807) is 0 Å². The monoisotopic (exact) mass is 362 g/mol. The molecule has 5 nitrogen and oxygen atoms in total. The van der Waals surface area contributed by atoms with Crippen molar-refractivity contribution in [1.29, 1.82) is 0 Å². The van der Waals surface area contributed by atoms with Gasteiger partial charge in [0.25, 0.3) is 0 Å². The van der Waals surface area contributed by atoms with Crippen molar-refractivity contribution in [3.05, 3.63) is 59.7 Å². The molecule has 5 heteroatoms. The van der Waals surface area contributed by atoms with E-state index < -0.39 is 0 Å². The van der Waals surface area contributed by atoms with Crippen molar-refractivity contribution >= 4 is 16.7 Å². The summed E-state index contributed by atoms with van der Waals surface area (Å²) >= 11 is 0. The van der Waals surface area contributed by atoms with Crippen LogP contribution in [0.2, 0.25) is 0 Å². The van der Waals surface area contributed by atoms with E-state index in [0.29, 0.717) is 13.0 Å². The third kappa shape index (κ3) is 4.35. The number of nitrogens with zero attached hydrogens (tertiary/aromatic N) is 3. The Kier molecular flexibility index (Phi) is 5.47. The highest BCUT2D eigenvalue weighted by Gasteiger charge is 2.14. The van der Waals surface area contributed by atoms with Crippen molar-refractivity contribution in [3.63, 3.8) is 0 Å². The number of benzene rings is 2. The molecular weight excluding hydrogens is 336 g/mol. The van der Waals surface area contributed by atoms with Gasteiger partial charge in [-0.15, -0.1) is 10.2 Å². The minimum Gasteiger partial charge on any atom is -0.356 e. The molecule has 0 unspecified atom stereocenters. The topological polar surface area (TPSA) is 59.8 Å². The molecule has 0 fully saturated rings. The lowest BCUT2D eigenvalue weighted by molar-refractivity contribution is -0.121. The first-order valence-electron chi connectivity index (χ1n) is 9.95. The van der Waals surface area contributed by atoms with Gasteiger partial charge in [-0.05, 0) is 35.6 Å². The van der Waals surface area contributed by atoms with E-state index in [4.69, 9.17) is 0 Å². The van der Waals surface area contributed by atoms with Crippen LogP contribution < -0.4 is 5.32 Å². The highest BCUT2D eigenvalue weighted by atomic mass is 16.1. The van der Waals surface area contributed by atoms with Crippen LogP contribution in [0.5, 0.6) is 0 Å². The minimum atomic E-state index is 0.0961. The average molecular weight is 362 g/mol. The summed E-state index contributed by atoms with van der Waals surface area (Å²) in [6.45, 7) is 1.63. The van der Waals surface area contributed by atoms with Crippen molar-refractivity contribution in [3.8, 4) is 0 Å². The summed E-state index contributed by atoms with van der Waals surface area (Å²) in [6.07, 6.45) is 6.68. The first kappa shape index (κ1) is 17.7. The fourth-order valence-electron chi connectivity index (χ4n) is 3.78. The molecule has 0 saturated heterocycles. The number of rotatable bonds is 6. The highest BCUT2D eigenvalue weighted by molar-refractivity contribution is 5.83. The molecule has 140 valence electrons. The predicted octanol–water partition coefficient (Wildman–Crippen LogP) is 3.45. The lowest BCUT2D eigenvalue weighted by atomic mass is 10.0. The number of fused-ring (bicyclic) bond motifs is 2. The second-order valence-corrected chi connectivity index (χ2v) is 7.28. The van der Waals surface area contributed by atoms with Gasteiger partial charge in [0.2, 0.25) is 5.91 Å². The molecule has 1 aliphatic heterocycles. The summed E-state index contributed by atoms with van der Waals surface area (Å²) in [5.74, 6) is 2.20. The molecular formula is C22H26N4O. The van der Waals surface area contributed by atoms with Crippen LogP contribution in [0.4, 0.5) is 0 Å². The summed E-state index contributed by atoms with van der Waals surface area (Å²) in [5, 5.41) is 14.1. The molecule has 0 bridgehead atoms. The Hall–Kier alpha value is -2.69. The molecule has 0 atom stereocenters. The quantitative estimate of drug-likeness (QED) is 0.731. The van der Waals surface area contributed by atoms with Gasteiger partial charge in [0.1, 0.15) is 11.6 Å². The van der Waals surface area contributed by atoms with Crippen LogP contribution in [-0.2, 0) is 30.6 Å². The van der Waals surface area contributed by atoms with E-state index in [9.17, 15) is 4.79 Å². The fraction of sp³-hybridized carbons (Fsp3) is 0.409. The number of amides is 1. The maximum absolute atomic E-state index is 12.2. The maximum Gasteiger partial charge on any atom is 0.220 e. The SMILES string of the molecule is O=C(CCc1ccc2ccccc2c1)NCCc1nnc2n1CCCCC2. The van der Waals surface area contributed by atoms with E-state index in [-0.39, 0.29) is 5.91 Å². The van der Waals surface area contributed by atoms with E-state index in [1.165, 1.54) is 35.6 Å². The number of nitrogens with one attached hydrogen (secondary N) is 1. The molecule has 0 saturated carbocycles. The normalized spacial score (nSPS) is 13.9. The third-order valence-corrected chi connectivity index (χ3v) is 5.31. The van der Waals surface area contributed by atoms with E-state index in [1.807, 2.05) is 12.1 Å². The van der Waals surface area contributed by atoms with Crippen LogP contribution in [0.1, 0.15) is 42.9 Å². The van der Waals surface area contributed by atoms with Crippen LogP contribution in [-0.4, -0.2) is 27.2 Å². The number of hydrogen-bond donors (Lipinski definition) is 1. The first-order valence-corrected chi connectivity index (χ1v) is 9.95. The zero-order chi connectivity index (χ0) is 18.5. The summed E-state index contributed by atoms with van der Waals surface area (Å²) in [4.78, 5) is 12.2. The van der Waals surface area contributed by atoms with Crippen LogP contribution in [0.15, 0.2) is 42.5 Å². The summed E-state index contributed by atoms with van der Waals surface area (Å²) < 4.78 is 2.24. The van der Waals surface area contributed by atoms with Crippen molar-refractivity contribution in [1.82, 2.24) is 20.1 Å². The zero-order valence-corrected chi connectivity index (χ0v) is 15.7. The lowest BCUT2D eigenvalue weighted by Gasteiger charge is -2.08. The Labute approximate surface area is 159 Å². The predicted molar refractivity (Wildman–Crippen MR) is 107 cm³/mol. The Bertz CT molecular complexity index is 931. The number of hydrogen-bond acceptors (Lipinski definition) is 3. The molecule has 4 rings (SSSR count). The van der Waals surface area contributed by atoms with Gasteiger partial charge in [-0.3, -0.25) is 4.79 Å². The van der Waals surface area contributed by atoms with Gasteiger partial charge >= 0.3 is 0 Å². The summed E-state index contributed by atoms with van der Waals surface area (Å²) in [7, 11) is 0. The largest absolute Gasteiger partial charge is 0.356 e. The van der Waals surface area contributed by atoms with Gasteiger partial charge in [-0.1, -0.05) is 48.9 Å². The van der Waals surface area contributed by atoms with Gasteiger partial charge in [0.05, 0.1) is 0 Å². The Balaban J connectivity index is 1.25. The third-order valence-electron chi connectivity index (χ3n) is 5.31. The van der Waals surface area contributed by atoms with Crippen molar-refractivity contribution in [2.45, 2.75) is 51.5 Å². The van der Waals surface area contributed by atoms with Crippen molar-refractivity contribution in [2.24, 2.45) is 0 Å². The molecule has 0 radical (unpaired) electrons. The molecule has 2 aromatic carbocycles. The second-order valence-electron chi connectivity index (χ2n) is 7.28. The first-order chi connectivity index (χ1) is 13.3. The van der Waals surface area contributed by atoms with Crippen LogP contribution in [0.3, 0.4) is 0 Å². The molecule has 1 amide bonds. The summed E-state index contributed by atoms with van der Waals surface area (Å²) in [5.41, 5.74) is 1.20. The Morgan fingerprint density at radius 1 is 1.00 bits per heavy atom. The van der Waals surface area contributed by atoms with Gasteiger partial charge in [0, 0.05) is 32.4 Å². The molecule has 2 heterocycles. The number of carbonyl (C=O) groups is 1. The lowest BCUT2D eigenvalue weighted by Crippen LogP contribution is -2.26. The maximum atomic E-state index is 12.2. The van der Waals surface area contributed by atoms with Crippen LogP contribution >= 0.6 is 0 Å². The fourth-order valence-corrected chi connectivity index (χ4v) is 3.78. The molecule has 1 N–H and O–H groups in total. The van der Waals surface area contributed by atoms with E-state index >= 15 is 0 Å². The highest BCUT2D eigenvalue weighted by Crippen LogP contribution is 2.17. The molecule has 0 spiro atoms. The van der Waals surface area contributed by atoms with E-state index in [0.717, 1.165) is 37.5 Å². The average Bonchev–Trinajstić information content (AvgIpc) is 2.92. The van der Waals surface area contributed by atoms with Gasteiger partial charge in [-0.2, -0.15) is 0 Å². The van der Waals surface area contributed by atoms with Crippen molar-refractivity contribution in [2.75, 3.05) is 6.54 Å². The molecule has 27 heavy (non-hydrogen) atoms. The van der Waals surface area contributed by atoms with Crippen molar-refractivity contribution < 1.29 is 4.79 Å². The number of carbonyl (C=O) groups excluding carboxylic acids is 1. The summed E-state index contributed by atoms with van der Waals surface area (Å²) in [6, 6.07) is 14.7. The number of aryl methyl sites for hydroxylation is 2. The smallest absolute Gasteiger partial charge is 0.220 e. The van der Waals surface area contributed by atoms with Gasteiger partial charge in [-0.25, -0.2) is 0 Å². The molecule has 0 aliphatic carbocycles. The second kappa shape index (κ2) is 8.33. The van der Waals surface area contributed by atoms with Crippen LogP contribution in [0, 0.1) is 0 Å². The van der Waals surface area contributed by atoms with Crippen LogP contribution in [0.25, 0.3) is 10.8 Å². The zero-order valence-electron chi connectivity index (χ0n) is 15.7.